The van der Waals surface area contributed by atoms with E-state index in [1.54, 1.807) is 36.1 Å². The largest absolute Gasteiger partial charge is 0.497 e. The maximum absolute atomic E-state index is 14.3. The second kappa shape index (κ2) is 5.69. The summed E-state index contributed by atoms with van der Waals surface area (Å²) in [6, 6.07) is 8.21. The smallest absolute Gasteiger partial charge is 0.164 e. The normalized spacial score (nSPS) is 11.0. The van der Waals surface area contributed by atoms with Gasteiger partial charge in [-0.3, -0.25) is 4.57 Å². The maximum Gasteiger partial charge on any atom is 0.164 e. The first-order valence-corrected chi connectivity index (χ1v) is 7.00. The van der Waals surface area contributed by atoms with Crippen LogP contribution in [0.3, 0.4) is 0 Å². The number of alkyl halides is 1. The van der Waals surface area contributed by atoms with Gasteiger partial charge in [-0.05, 0) is 24.3 Å². The van der Waals surface area contributed by atoms with Crippen molar-refractivity contribution in [2.24, 2.45) is 0 Å². The van der Waals surface area contributed by atoms with Gasteiger partial charge in [-0.2, -0.15) is 0 Å². The molecule has 0 saturated carbocycles. The number of fused-ring (bicyclic) bond motifs is 1. The summed E-state index contributed by atoms with van der Waals surface area (Å²) in [6.07, 6.45) is 2.18. The molecule has 3 rings (SSSR count). The molecule has 2 aromatic heterocycles. The molecular weight excluding hydrogens is 293 g/mol. The Balaban J connectivity index is 2.29. The molecule has 0 aliphatic rings. The summed E-state index contributed by atoms with van der Waals surface area (Å²) < 4.78 is 21.1. The first kappa shape index (κ1) is 13.8. The van der Waals surface area contributed by atoms with Gasteiger partial charge in [0.05, 0.1) is 12.8 Å². The van der Waals surface area contributed by atoms with E-state index in [2.05, 4.69) is 9.97 Å². The van der Waals surface area contributed by atoms with Crippen LogP contribution in [-0.4, -0.2) is 27.5 Å². The molecule has 0 spiro atoms. The summed E-state index contributed by atoms with van der Waals surface area (Å²) in [6.45, 7) is 0. The van der Waals surface area contributed by atoms with Crippen LogP contribution in [0.15, 0.2) is 36.5 Å². The monoisotopic (exact) mass is 305 g/mol. The lowest BCUT2D eigenvalue weighted by Gasteiger charge is -2.10. The summed E-state index contributed by atoms with van der Waals surface area (Å²) in [4.78, 5) is 8.79. The van der Waals surface area contributed by atoms with Gasteiger partial charge in [0, 0.05) is 24.6 Å². The van der Waals surface area contributed by atoms with Gasteiger partial charge in [0.25, 0.3) is 0 Å². The number of benzene rings is 1. The highest BCUT2D eigenvalue weighted by Crippen LogP contribution is 2.25. The van der Waals surface area contributed by atoms with Crippen molar-refractivity contribution in [3.8, 4) is 11.4 Å². The molecular formula is C15H13ClFN3O. The summed E-state index contributed by atoms with van der Waals surface area (Å²) >= 11 is 5.83. The minimum Gasteiger partial charge on any atom is -0.497 e. The average molecular weight is 306 g/mol. The minimum atomic E-state index is -0.364. The molecule has 4 nitrogen and oxygen atoms in total. The van der Waals surface area contributed by atoms with Gasteiger partial charge in [0.1, 0.15) is 22.9 Å². The topological polar surface area (TPSA) is 39.9 Å². The van der Waals surface area contributed by atoms with Crippen LogP contribution in [0.25, 0.3) is 16.9 Å². The summed E-state index contributed by atoms with van der Waals surface area (Å²) in [5, 5.41) is 0. The quantitative estimate of drug-likeness (QED) is 0.694. The van der Waals surface area contributed by atoms with E-state index in [4.69, 9.17) is 16.3 Å². The van der Waals surface area contributed by atoms with Crippen molar-refractivity contribution in [1.82, 2.24) is 14.5 Å². The van der Waals surface area contributed by atoms with Crippen LogP contribution in [0, 0.1) is 5.82 Å². The molecule has 0 radical (unpaired) electrons. The van der Waals surface area contributed by atoms with Crippen molar-refractivity contribution < 1.29 is 9.13 Å². The molecule has 108 valence electrons. The average Bonchev–Trinajstić information content (AvgIpc) is 2.86. The molecule has 3 aromatic rings. The van der Waals surface area contributed by atoms with Gasteiger partial charge in [0.15, 0.2) is 5.65 Å². The molecule has 0 N–H and O–H groups in total. The van der Waals surface area contributed by atoms with E-state index in [1.165, 1.54) is 6.07 Å². The van der Waals surface area contributed by atoms with E-state index >= 15 is 0 Å². The number of methoxy groups -OCH3 is 1. The molecule has 0 bridgehead atoms. The Kier molecular flexibility index (Phi) is 3.75. The number of halogens is 2. The first-order valence-electron chi connectivity index (χ1n) is 6.47. The van der Waals surface area contributed by atoms with Gasteiger partial charge in [-0.25, -0.2) is 14.4 Å². The molecule has 0 aliphatic heterocycles. The van der Waals surface area contributed by atoms with Crippen LogP contribution in [0.1, 0.15) is 5.82 Å². The maximum atomic E-state index is 14.3. The lowest BCUT2D eigenvalue weighted by atomic mass is 10.2. The number of rotatable bonds is 4. The van der Waals surface area contributed by atoms with Crippen molar-refractivity contribution in [1.29, 1.82) is 0 Å². The summed E-state index contributed by atoms with van der Waals surface area (Å²) in [5.74, 6) is 1.28. The van der Waals surface area contributed by atoms with Gasteiger partial charge < -0.3 is 4.74 Å². The van der Waals surface area contributed by atoms with Crippen LogP contribution >= 0.6 is 11.6 Å². The lowest BCUT2D eigenvalue weighted by molar-refractivity contribution is 0.413. The molecule has 0 atom stereocenters. The van der Waals surface area contributed by atoms with Crippen molar-refractivity contribution >= 4 is 22.8 Å². The van der Waals surface area contributed by atoms with Crippen LogP contribution in [0.5, 0.6) is 5.75 Å². The zero-order valence-corrected chi connectivity index (χ0v) is 12.1. The van der Waals surface area contributed by atoms with Crippen LogP contribution < -0.4 is 4.74 Å². The number of ether oxygens (including phenoxy) is 1. The zero-order chi connectivity index (χ0) is 14.8. The number of hydrogen-bond acceptors (Lipinski definition) is 3. The van der Waals surface area contributed by atoms with E-state index in [9.17, 15) is 4.39 Å². The number of hydrogen-bond donors (Lipinski definition) is 0. The molecule has 0 fully saturated rings. The fourth-order valence-corrected chi connectivity index (χ4v) is 2.42. The lowest BCUT2D eigenvalue weighted by Crippen LogP contribution is -2.05. The molecule has 1 aromatic carbocycles. The van der Waals surface area contributed by atoms with E-state index < -0.39 is 0 Å². The van der Waals surface area contributed by atoms with Crippen molar-refractivity contribution in [2.75, 3.05) is 13.0 Å². The van der Waals surface area contributed by atoms with Gasteiger partial charge in [-0.15, -0.1) is 11.6 Å². The molecule has 0 unspecified atom stereocenters. The Morgan fingerprint density at radius 3 is 2.95 bits per heavy atom. The van der Waals surface area contributed by atoms with Crippen LogP contribution in [0.4, 0.5) is 4.39 Å². The van der Waals surface area contributed by atoms with Crippen molar-refractivity contribution in [3.63, 3.8) is 0 Å². The number of pyridine rings is 1. The second-order valence-electron chi connectivity index (χ2n) is 4.47. The summed E-state index contributed by atoms with van der Waals surface area (Å²) in [7, 11) is 1.54. The molecule has 21 heavy (non-hydrogen) atoms. The Labute approximate surface area is 126 Å². The van der Waals surface area contributed by atoms with E-state index in [-0.39, 0.29) is 5.82 Å². The number of aromatic nitrogens is 3. The highest BCUT2D eigenvalue weighted by atomic mass is 35.5. The summed E-state index contributed by atoms with van der Waals surface area (Å²) in [5.41, 5.74) is 1.67. The highest BCUT2D eigenvalue weighted by molar-refractivity contribution is 6.17. The van der Waals surface area contributed by atoms with Crippen LogP contribution in [0.2, 0.25) is 0 Å². The number of nitrogens with zero attached hydrogens (tertiary/aromatic N) is 3. The molecule has 0 aliphatic carbocycles. The van der Waals surface area contributed by atoms with Crippen molar-refractivity contribution in [2.45, 2.75) is 6.42 Å². The van der Waals surface area contributed by atoms with E-state index in [0.717, 1.165) is 0 Å². The first-order chi connectivity index (χ1) is 10.2. The predicted molar refractivity (Wildman–Crippen MR) is 79.8 cm³/mol. The van der Waals surface area contributed by atoms with E-state index in [1.807, 2.05) is 6.07 Å². The Morgan fingerprint density at radius 2 is 2.19 bits per heavy atom. The highest BCUT2D eigenvalue weighted by Gasteiger charge is 2.16. The van der Waals surface area contributed by atoms with Gasteiger partial charge >= 0.3 is 0 Å². The Morgan fingerprint density at radius 1 is 1.33 bits per heavy atom. The minimum absolute atomic E-state index is 0.357. The standard InChI is InChI=1S/C15H13ClFN3O/c1-21-10-4-5-11(17)13(9-10)20-14(6-7-16)19-12-3-2-8-18-15(12)20/h2-5,8-9H,6-7H2,1H3. The van der Waals surface area contributed by atoms with Crippen molar-refractivity contribution in [3.05, 3.63) is 48.2 Å². The van der Waals surface area contributed by atoms with Gasteiger partial charge in [0.2, 0.25) is 0 Å². The predicted octanol–water partition coefficient (Wildman–Crippen LogP) is 3.35. The molecule has 0 amide bonds. The van der Waals surface area contributed by atoms with E-state index in [0.29, 0.717) is 40.7 Å². The molecule has 0 saturated heterocycles. The SMILES string of the molecule is COc1ccc(F)c(-n2c(CCCl)nc3cccnc32)c1. The van der Waals surface area contributed by atoms with Gasteiger partial charge in [-0.1, -0.05) is 0 Å². The number of aryl methyl sites for hydroxylation is 1. The second-order valence-corrected chi connectivity index (χ2v) is 4.84. The Hall–Kier alpha value is -2.14. The molecule has 6 heteroatoms. The third-order valence-corrected chi connectivity index (χ3v) is 3.39. The Bertz CT molecular complexity index is 788. The number of imidazole rings is 1. The third kappa shape index (κ3) is 2.45. The zero-order valence-electron chi connectivity index (χ0n) is 11.4. The third-order valence-electron chi connectivity index (χ3n) is 3.20. The molecule has 2 heterocycles. The fraction of sp³-hybridized carbons (Fsp3) is 0.200. The fourth-order valence-electron chi connectivity index (χ4n) is 2.26. The van der Waals surface area contributed by atoms with Crippen LogP contribution in [-0.2, 0) is 6.42 Å².